The molecule has 5 nitrogen and oxygen atoms in total. The Morgan fingerprint density at radius 2 is 2.13 bits per heavy atom. The molecule has 0 fully saturated rings. The molecule has 2 heterocycles. The molecule has 0 atom stereocenters. The summed E-state index contributed by atoms with van der Waals surface area (Å²) in [6, 6.07) is 1.77. The third-order valence-corrected chi connectivity index (χ3v) is 4.95. The first-order valence-electron chi connectivity index (χ1n) is 8.01. The van der Waals surface area contributed by atoms with Gasteiger partial charge < -0.3 is 5.32 Å². The maximum atomic E-state index is 12.5. The fourth-order valence-corrected chi connectivity index (χ4v) is 3.63. The maximum absolute atomic E-state index is 12.5. The highest BCUT2D eigenvalue weighted by Crippen LogP contribution is 2.26. The van der Waals surface area contributed by atoms with E-state index in [1.165, 1.54) is 29.8 Å². The van der Waals surface area contributed by atoms with E-state index in [1.807, 2.05) is 6.92 Å². The molecule has 1 aliphatic rings. The molecule has 120 valence electrons. The first-order chi connectivity index (χ1) is 11.3. The molecule has 1 amide bonds. The summed E-state index contributed by atoms with van der Waals surface area (Å²) in [4.78, 5) is 26.1. The van der Waals surface area contributed by atoms with Crippen LogP contribution in [0, 0.1) is 0 Å². The van der Waals surface area contributed by atoms with Gasteiger partial charge in [-0.15, -0.1) is 11.3 Å². The Balaban J connectivity index is 1.74. The summed E-state index contributed by atoms with van der Waals surface area (Å²) in [6.07, 6.45) is 11.0. The van der Waals surface area contributed by atoms with Gasteiger partial charge in [0.05, 0.1) is 5.69 Å². The minimum atomic E-state index is -0.0481. The minimum Gasteiger partial charge on any atom is -0.348 e. The molecule has 3 rings (SSSR count). The molecule has 1 aliphatic carbocycles. The van der Waals surface area contributed by atoms with E-state index in [1.54, 1.807) is 18.5 Å². The molecule has 2 aromatic rings. The molecule has 0 aromatic carbocycles. The van der Waals surface area contributed by atoms with E-state index in [0.29, 0.717) is 22.3 Å². The average molecular weight is 328 g/mol. The summed E-state index contributed by atoms with van der Waals surface area (Å²) in [7, 11) is 0. The normalized spacial score (nSPS) is 14.4. The van der Waals surface area contributed by atoms with Crippen LogP contribution in [0.3, 0.4) is 0 Å². The summed E-state index contributed by atoms with van der Waals surface area (Å²) in [5.74, 6) is 0.522. The van der Waals surface area contributed by atoms with Gasteiger partial charge in [-0.05, 0) is 38.2 Å². The van der Waals surface area contributed by atoms with Crippen molar-refractivity contribution in [3.05, 3.63) is 40.7 Å². The van der Waals surface area contributed by atoms with Gasteiger partial charge in [-0.2, -0.15) is 0 Å². The quantitative estimate of drug-likeness (QED) is 0.854. The van der Waals surface area contributed by atoms with Crippen LogP contribution in [0.1, 0.15) is 48.0 Å². The van der Waals surface area contributed by atoms with Crippen LogP contribution in [0.5, 0.6) is 0 Å². The molecule has 2 aromatic heterocycles. The molecule has 1 N–H and O–H groups in total. The van der Waals surface area contributed by atoms with E-state index in [2.05, 4.69) is 26.3 Å². The van der Waals surface area contributed by atoms with Crippen LogP contribution >= 0.6 is 11.3 Å². The van der Waals surface area contributed by atoms with Crippen molar-refractivity contribution >= 4 is 17.2 Å². The van der Waals surface area contributed by atoms with E-state index in [4.69, 9.17) is 0 Å². The van der Waals surface area contributed by atoms with Crippen LogP contribution in [0.4, 0.5) is 0 Å². The van der Waals surface area contributed by atoms with E-state index in [-0.39, 0.29) is 5.91 Å². The Morgan fingerprint density at radius 3 is 2.83 bits per heavy atom. The van der Waals surface area contributed by atoms with Crippen molar-refractivity contribution in [2.24, 2.45) is 0 Å². The van der Waals surface area contributed by atoms with Crippen LogP contribution in [-0.4, -0.2) is 27.4 Å². The molecule has 0 saturated heterocycles. The zero-order chi connectivity index (χ0) is 16.1. The molecule has 0 unspecified atom stereocenters. The number of hydrogen-bond acceptors (Lipinski definition) is 5. The topological polar surface area (TPSA) is 67.8 Å². The van der Waals surface area contributed by atoms with E-state index >= 15 is 0 Å². The predicted octanol–water partition coefficient (Wildman–Crippen LogP) is 3.39. The summed E-state index contributed by atoms with van der Waals surface area (Å²) in [5, 5.41) is 3.73. The molecule has 0 saturated carbocycles. The van der Waals surface area contributed by atoms with Crippen LogP contribution in [0.2, 0.25) is 0 Å². The Labute approximate surface area is 139 Å². The highest BCUT2D eigenvalue weighted by atomic mass is 32.1. The highest BCUT2D eigenvalue weighted by molar-refractivity contribution is 7.17. The van der Waals surface area contributed by atoms with Gasteiger partial charge in [-0.25, -0.2) is 15.0 Å². The number of carbonyl (C=O) groups is 1. The number of allylic oxidation sites excluding steroid dienone is 1. The molecule has 23 heavy (non-hydrogen) atoms. The molecular weight excluding hydrogens is 308 g/mol. The van der Waals surface area contributed by atoms with Gasteiger partial charge in [-0.3, -0.25) is 4.79 Å². The number of rotatable bonds is 5. The van der Waals surface area contributed by atoms with Crippen LogP contribution < -0.4 is 5.32 Å². The zero-order valence-corrected chi connectivity index (χ0v) is 14.0. The lowest BCUT2D eigenvalue weighted by Crippen LogP contribution is -2.26. The first-order valence-corrected chi connectivity index (χ1v) is 8.82. The smallest absolute Gasteiger partial charge is 0.263 e. The number of thiazole rings is 1. The number of nitrogens with zero attached hydrogens (tertiary/aromatic N) is 3. The molecule has 6 heteroatoms. The summed E-state index contributed by atoms with van der Waals surface area (Å²) in [6.45, 7) is 2.64. The fourth-order valence-electron chi connectivity index (χ4n) is 2.61. The lowest BCUT2D eigenvalue weighted by atomic mass is 10.00. The third-order valence-electron chi connectivity index (χ3n) is 3.86. The van der Waals surface area contributed by atoms with Crippen molar-refractivity contribution in [1.29, 1.82) is 0 Å². The SMILES string of the molecule is CCc1nc(-c2ncccn2)sc1C(=O)NCC1=CCCCC1. The van der Waals surface area contributed by atoms with Crippen molar-refractivity contribution in [1.82, 2.24) is 20.3 Å². The number of aromatic nitrogens is 3. The van der Waals surface area contributed by atoms with Gasteiger partial charge in [0.2, 0.25) is 0 Å². The molecule has 0 radical (unpaired) electrons. The number of nitrogens with one attached hydrogen (secondary N) is 1. The number of aryl methyl sites for hydroxylation is 1. The molecular formula is C17H20N4OS. The van der Waals surface area contributed by atoms with Crippen LogP contribution in [-0.2, 0) is 6.42 Å². The molecule has 0 spiro atoms. The lowest BCUT2D eigenvalue weighted by Gasteiger charge is -2.13. The van der Waals surface area contributed by atoms with E-state index < -0.39 is 0 Å². The maximum Gasteiger partial charge on any atom is 0.263 e. The first kappa shape index (κ1) is 15.8. The van der Waals surface area contributed by atoms with Crippen molar-refractivity contribution in [2.45, 2.75) is 39.0 Å². The largest absolute Gasteiger partial charge is 0.348 e. The predicted molar refractivity (Wildman–Crippen MR) is 91.4 cm³/mol. The number of hydrogen-bond donors (Lipinski definition) is 1. The third kappa shape index (κ3) is 3.82. The second kappa shape index (κ2) is 7.46. The molecule has 0 bridgehead atoms. The Kier molecular flexibility index (Phi) is 5.12. The minimum absolute atomic E-state index is 0.0481. The number of amides is 1. The summed E-state index contributed by atoms with van der Waals surface area (Å²) < 4.78 is 0. The van der Waals surface area contributed by atoms with Crippen molar-refractivity contribution in [3.8, 4) is 10.8 Å². The van der Waals surface area contributed by atoms with Crippen molar-refractivity contribution in [2.75, 3.05) is 6.54 Å². The fraction of sp³-hybridized carbons (Fsp3) is 0.412. The standard InChI is InChI=1S/C17H20N4OS/c1-2-13-14(16(22)20-11-12-7-4-3-5-8-12)23-17(21-13)15-18-9-6-10-19-15/h6-7,9-10H,2-5,8,11H2,1H3,(H,20,22). The van der Waals surface area contributed by atoms with E-state index in [9.17, 15) is 4.79 Å². The van der Waals surface area contributed by atoms with Crippen molar-refractivity contribution < 1.29 is 4.79 Å². The Hall–Kier alpha value is -2.08. The van der Waals surface area contributed by atoms with Gasteiger partial charge in [0, 0.05) is 18.9 Å². The van der Waals surface area contributed by atoms with Crippen molar-refractivity contribution in [3.63, 3.8) is 0 Å². The molecule has 0 aliphatic heterocycles. The van der Waals surface area contributed by atoms with Gasteiger partial charge in [0.1, 0.15) is 4.88 Å². The average Bonchev–Trinajstić information content (AvgIpc) is 3.06. The zero-order valence-electron chi connectivity index (χ0n) is 13.2. The van der Waals surface area contributed by atoms with Crippen LogP contribution in [0.15, 0.2) is 30.1 Å². The van der Waals surface area contributed by atoms with E-state index in [0.717, 1.165) is 25.0 Å². The van der Waals surface area contributed by atoms with Gasteiger partial charge in [0.25, 0.3) is 5.91 Å². The lowest BCUT2D eigenvalue weighted by molar-refractivity contribution is 0.0959. The van der Waals surface area contributed by atoms with Gasteiger partial charge in [0.15, 0.2) is 10.8 Å². The second-order valence-electron chi connectivity index (χ2n) is 5.51. The van der Waals surface area contributed by atoms with Gasteiger partial charge in [-0.1, -0.05) is 18.6 Å². The van der Waals surface area contributed by atoms with Gasteiger partial charge >= 0.3 is 0 Å². The highest BCUT2D eigenvalue weighted by Gasteiger charge is 2.19. The Morgan fingerprint density at radius 1 is 1.30 bits per heavy atom. The summed E-state index contributed by atoms with van der Waals surface area (Å²) in [5.41, 5.74) is 2.14. The van der Waals surface area contributed by atoms with Crippen LogP contribution in [0.25, 0.3) is 10.8 Å². The monoisotopic (exact) mass is 328 g/mol. The number of carbonyl (C=O) groups excluding carboxylic acids is 1. The summed E-state index contributed by atoms with van der Waals surface area (Å²) >= 11 is 1.36. The Bertz CT molecular complexity index is 709. The second-order valence-corrected chi connectivity index (χ2v) is 6.51.